The van der Waals surface area contributed by atoms with Crippen LogP contribution in [-0.4, -0.2) is 53.8 Å². The number of carbonyl (C=O) groups is 2. The number of aliphatic hydroxyl groups is 1. The molecule has 3 aromatic carbocycles. The highest BCUT2D eigenvalue weighted by molar-refractivity contribution is 9.10. The molecule has 0 saturated carbocycles. The van der Waals surface area contributed by atoms with E-state index in [9.17, 15) is 9.59 Å². The number of hydrazine groups is 1. The van der Waals surface area contributed by atoms with Gasteiger partial charge in [-0.1, -0.05) is 57.9 Å². The monoisotopic (exact) mass is 679 g/mol. The fraction of sp³-hybridized carbons (Fsp3) is 0.400. The Bertz CT molecular complexity index is 1450. The van der Waals surface area contributed by atoms with Crippen molar-refractivity contribution in [2.75, 3.05) is 19.8 Å². The summed E-state index contributed by atoms with van der Waals surface area (Å²) in [6, 6.07) is 23.0. The Kier molecular flexibility index (Phi) is 11.8. The summed E-state index contributed by atoms with van der Waals surface area (Å²) in [6.07, 6.45) is 0.432. The third-order valence-corrected chi connectivity index (χ3v) is 7.72. The summed E-state index contributed by atoms with van der Waals surface area (Å²) < 4.78 is 18.6. The predicted octanol–water partition coefficient (Wildman–Crippen LogP) is 5.76. The van der Waals surface area contributed by atoms with Crippen LogP contribution in [0.1, 0.15) is 68.4 Å². The number of hydrogen-bond acceptors (Lipinski definition) is 8. The van der Waals surface area contributed by atoms with Gasteiger partial charge in [0.15, 0.2) is 11.6 Å². The van der Waals surface area contributed by atoms with Crippen molar-refractivity contribution >= 4 is 33.7 Å². The lowest BCUT2D eigenvalue weighted by Crippen LogP contribution is -2.53. The average Bonchev–Trinajstić information content (AvgIpc) is 3.40. The van der Waals surface area contributed by atoms with E-state index in [1.807, 2.05) is 64.1 Å². The number of halogens is 1. The molecule has 0 aliphatic carbocycles. The van der Waals surface area contributed by atoms with Crippen LogP contribution in [-0.2, 0) is 25.5 Å². The van der Waals surface area contributed by atoms with Gasteiger partial charge in [0.25, 0.3) is 5.91 Å². The highest BCUT2D eigenvalue weighted by Crippen LogP contribution is 2.43. The smallest absolute Gasteiger partial charge is 0.306 e. The van der Waals surface area contributed by atoms with Gasteiger partial charge in [-0.2, -0.15) is 0 Å². The molecular weight excluding hydrogens is 638 g/mol. The lowest BCUT2D eigenvalue weighted by molar-refractivity contribution is -0.155. The fourth-order valence-corrected chi connectivity index (χ4v) is 5.17. The standard InChI is InChI=1S/C35H42BrN3O6/c1-24-6-8-25(9-7-24)19-21-37-39-33(42)35(20-18-30(41)45-34(2,3)4)31(26-10-14-28(36)15-11-26)44-32(38-35)27-12-16-29(17-13-27)43-23-5-22-40/h6-17,31,37,40H,5,18-23H2,1-4H3,(H,39,42)/t31-,35-/m0/s1. The van der Waals surface area contributed by atoms with E-state index in [2.05, 4.69) is 51.0 Å². The molecule has 1 amide bonds. The minimum Gasteiger partial charge on any atom is -0.494 e. The van der Waals surface area contributed by atoms with Gasteiger partial charge in [-0.3, -0.25) is 15.0 Å². The third kappa shape index (κ3) is 9.63. The first-order chi connectivity index (χ1) is 21.5. The Hall–Kier alpha value is -3.73. The molecular formula is C35H42BrN3O6. The van der Waals surface area contributed by atoms with E-state index in [-0.39, 0.29) is 25.3 Å². The molecule has 0 saturated heterocycles. The topological polar surface area (TPSA) is 118 Å². The molecule has 2 atom stereocenters. The molecule has 0 spiro atoms. The maximum atomic E-state index is 14.2. The van der Waals surface area contributed by atoms with E-state index in [1.165, 1.54) is 5.56 Å². The van der Waals surface area contributed by atoms with Crippen LogP contribution >= 0.6 is 15.9 Å². The minimum atomic E-state index is -1.48. The lowest BCUT2D eigenvalue weighted by atomic mass is 9.83. The largest absolute Gasteiger partial charge is 0.494 e. The molecule has 240 valence electrons. The molecule has 1 heterocycles. The van der Waals surface area contributed by atoms with Crippen LogP contribution in [0.2, 0.25) is 0 Å². The van der Waals surface area contributed by atoms with Crippen molar-refractivity contribution < 1.29 is 28.9 Å². The fourth-order valence-electron chi connectivity index (χ4n) is 4.91. The predicted molar refractivity (Wildman–Crippen MR) is 177 cm³/mol. The van der Waals surface area contributed by atoms with Gasteiger partial charge in [-0.05, 0) is 88.1 Å². The summed E-state index contributed by atoms with van der Waals surface area (Å²) in [5, 5.41) is 9.04. The Morgan fingerprint density at radius 3 is 2.36 bits per heavy atom. The van der Waals surface area contributed by atoms with E-state index in [1.54, 1.807) is 12.1 Å². The van der Waals surface area contributed by atoms with Crippen LogP contribution < -0.4 is 15.6 Å². The van der Waals surface area contributed by atoms with E-state index < -0.39 is 29.1 Å². The quantitative estimate of drug-likeness (QED) is 0.113. The van der Waals surface area contributed by atoms with Crippen molar-refractivity contribution in [3.05, 3.63) is 99.5 Å². The highest BCUT2D eigenvalue weighted by Gasteiger charge is 2.53. The molecule has 0 fully saturated rings. The maximum Gasteiger partial charge on any atom is 0.306 e. The van der Waals surface area contributed by atoms with Crippen LogP contribution in [0.3, 0.4) is 0 Å². The number of nitrogens with one attached hydrogen (secondary N) is 2. The number of rotatable bonds is 14. The second kappa shape index (κ2) is 15.5. The molecule has 9 nitrogen and oxygen atoms in total. The first kappa shape index (κ1) is 34.1. The zero-order valence-corrected chi connectivity index (χ0v) is 27.9. The van der Waals surface area contributed by atoms with Crippen molar-refractivity contribution in [2.24, 2.45) is 4.99 Å². The number of ether oxygens (including phenoxy) is 3. The molecule has 3 N–H and O–H groups in total. The molecule has 3 aromatic rings. The second-order valence-corrected chi connectivity index (χ2v) is 13.0. The van der Waals surface area contributed by atoms with Crippen molar-refractivity contribution in [3.63, 3.8) is 0 Å². The van der Waals surface area contributed by atoms with Crippen molar-refractivity contribution in [2.45, 2.75) is 70.6 Å². The number of aliphatic imine (C=N–C) groups is 1. The number of aryl methyl sites for hydroxylation is 1. The first-order valence-corrected chi connectivity index (χ1v) is 16.0. The van der Waals surface area contributed by atoms with Gasteiger partial charge in [-0.25, -0.2) is 10.4 Å². The summed E-state index contributed by atoms with van der Waals surface area (Å²) >= 11 is 3.49. The van der Waals surface area contributed by atoms with Crippen LogP contribution in [0.15, 0.2) is 82.3 Å². The van der Waals surface area contributed by atoms with Gasteiger partial charge in [0.1, 0.15) is 11.4 Å². The van der Waals surface area contributed by atoms with Crippen LogP contribution in [0.5, 0.6) is 5.75 Å². The van der Waals surface area contributed by atoms with Crippen molar-refractivity contribution in [3.8, 4) is 5.75 Å². The molecule has 0 radical (unpaired) electrons. The average molecular weight is 681 g/mol. The molecule has 0 unspecified atom stereocenters. The summed E-state index contributed by atoms with van der Waals surface area (Å²) in [5.74, 6) is 0.0808. The highest BCUT2D eigenvalue weighted by atomic mass is 79.9. The zero-order valence-electron chi connectivity index (χ0n) is 26.3. The summed E-state index contributed by atoms with van der Waals surface area (Å²) in [7, 11) is 0. The van der Waals surface area contributed by atoms with E-state index in [4.69, 9.17) is 24.3 Å². The zero-order chi connectivity index (χ0) is 32.5. The van der Waals surface area contributed by atoms with Crippen molar-refractivity contribution in [1.82, 2.24) is 10.9 Å². The van der Waals surface area contributed by atoms with Gasteiger partial charge in [0.2, 0.25) is 5.90 Å². The summed E-state index contributed by atoms with van der Waals surface area (Å²) in [6.45, 7) is 8.40. The summed E-state index contributed by atoms with van der Waals surface area (Å²) in [4.78, 5) is 32.0. The number of aliphatic hydroxyl groups excluding tert-OH is 1. The van der Waals surface area contributed by atoms with E-state index >= 15 is 0 Å². The lowest BCUT2D eigenvalue weighted by Gasteiger charge is -2.31. The van der Waals surface area contributed by atoms with Gasteiger partial charge >= 0.3 is 5.97 Å². The Morgan fingerprint density at radius 1 is 1.02 bits per heavy atom. The third-order valence-electron chi connectivity index (χ3n) is 7.19. The number of nitrogens with zero attached hydrogens (tertiary/aromatic N) is 1. The Labute approximate surface area is 273 Å². The van der Waals surface area contributed by atoms with Crippen molar-refractivity contribution in [1.29, 1.82) is 0 Å². The molecule has 0 aromatic heterocycles. The molecule has 4 rings (SSSR count). The van der Waals surface area contributed by atoms with Crippen LogP contribution in [0.25, 0.3) is 0 Å². The molecule has 1 aliphatic heterocycles. The SMILES string of the molecule is Cc1ccc(CCNNC(=O)[C@@]2(CCC(=O)OC(C)(C)C)N=C(c3ccc(OCCCO)cc3)O[C@H]2c2ccc(Br)cc2)cc1. The van der Waals surface area contributed by atoms with E-state index in [0.29, 0.717) is 37.3 Å². The van der Waals surface area contributed by atoms with E-state index in [0.717, 1.165) is 15.6 Å². The van der Waals surface area contributed by atoms with Gasteiger partial charge < -0.3 is 19.3 Å². The molecule has 45 heavy (non-hydrogen) atoms. The number of benzene rings is 3. The second-order valence-electron chi connectivity index (χ2n) is 12.0. The first-order valence-electron chi connectivity index (χ1n) is 15.2. The number of esters is 1. The van der Waals surface area contributed by atoms with Gasteiger partial charge in [0, 0.05) is 36.0 Å². The van der Waals surface area contributed by atoms with Crippen LogP contribution in [0, 0.1) is 6.92 Å². The molecule has 10 heteroatoms. The number of amides is 1. The minimum absolute atomic E-state index is 0.0428. The molecule has 1 aliphatic rings. The molecule has 0 bridgehead atoms. The number of hydrogen-bond donors (Lipinski definition) is 3. The Morgan fingerprint density at radius 2 is 1.71 bits per heavy atom. The Balaban J connectivity index is 1.63. The van der Waals surface area contributed by atoms with Crippen LogP contribution in [0.4, 0.5) is 0 Å². The maximum absolute atomic E-state index is 14.2. The summed E-state index contributed by atoms with van der Waals surface area (Å²) in [5.41, 5.74) is 7.50. The van der Waals surface area contributed by atoms with Gasteiger partial charge in [0.05, 0.1) is 6.61 Å². The van der Waals surface area contributed by atoms with Gasteiger partial charge in [-0.15, -0.1) is 0 Å². The number of carbonyl (C=O) groups excluding carboxylic acids is 2. The normalized spacial score (nSPS) is 17.7.